The minimum atomic E-state index is -0.0241. The summed E-state index contributed by atoms with van der Waals surface area (Å²) < 4.78 is 0. The molecule has 1 atom stereocenters. The van der Waals surface area contributed by atoms with Crippen molar-refractivity contribution in [2.75, 3.05) is 37.6 Å². The number of carbonyl (C=O) groups is 3. The van der Waals surface area contributed by atoms with Crippen LogP contribution in [0.3, 0.4) is 0 Å². The van der Waals surface area contributed by atoms with E-state index in [4.69, 9.17) is 0 Å². The Labute approximate surface area is 152 Å². The van der Waals surface area contributed by atoms with Gasteiger partial charge < -0.3 is 20.0 Å². The maximum Gasteiger partial charge on any atom is 0.317 e. The van der Waals surface area contributed by atoms with E-state index in [2.05, 4.69) is 5.32 Å². The van der Waals surface area contributed by atoms with Crippen molar-refractivity contribution in [1.29, 1.82) is 0 Å². The van der Waals surface area contributed by atoms with Crippen molar-refractivity contribution in [3.05, 3.63) is 29.8 Å². The Bertz CT molecular complexity index is 718. The van der Waals surface area contributed by atoms with Crippen molar-refractivity contribution in [3.63, 3.8) is 0 Å². The number of rotatable bonds is 3. The number of piperidine rings is 1. The van der Waals surface area contributed by atoms with Crippen molar-refractivity contribution < 1.29 is 14.4 Å². The van der Waals surface area contributed by atoms with Gasteiger partial charge in [0.15, 0.2) is 0 Å². The molecule has 4 rings (SSSR count). The highest BCUT2D eigenvalue weighted by Gasteiger charge is 2.33. The first-order valence-corrected chi connectivity index (χ1v) is 9.37. The lowest BCUT2D eigenvalue weighted by molar-refractivity contribution is -0.117. The monoisotopic (exact) mass is 356 g/mol. The summed E-state index contributed by atoms with van der Waals surface area (Å²) in [6, 6.07) is 7.38. The summed E-state index contributed by atoms with van der Waals surface area (Å²) in [5.74, 6) is 0.139. The van der Waals surface area contributed by atoms with Gasteiger partial charge in [-0.05, 0) is 43.5 Å². The molecule has 0 aliphatic carbocycles. The van der Waals surface area contributed by atoms with Crippen LogP contribution in [0.15, 0.2) is 24.3 Å². The molecular formula is C19H24N4O3. The zero-order chi connectivity index (χ0) is 18.1. The Hall–Kier alpha value is -2.57. The predicted molar refractivity (Wildman–Crippen MR) is 97.1 cm³/mol. The molecule has 0 aromatic heterocycles. The zero-order valence-corrected chi connectivity index (χ0v) is 14.8. The van der Waals surface area contributed by atoms with Gasteiger partial charge in [0.1, 0.15) is 0 Å². The number of urea groups is 1. The van der Waals surface area contributed by atoms with Crippen LogP contribution < -0.4 is 10.2 Å². The van der Waals surface area contributed by atoms with E-state index in [0.717, 1.165) is 38.0 Å². The molecular weight excluding hydrogens is 332 g/mol. The fourth-order valence-electron chi connectivity index (χ4n) is 4.12. The normalized spacial score (nSPS) is 23.5. The fourth-order valence-corrected chi connectivity index (χ4v) is 4.12. The molecule has 3 saturated heterocycles. The largest absolute Gasteiger partial charge is 0.337 e. The molecule has 4 amide bonds. The zero-order valence-electron chi connectivity index (χ0n) is 14.8. The van der Waals surface area contributed by atoms with Gasteiger partial charge in [-0.2, -0.15) is 0 Å². The second-order valence-corrected chi connectivity index (χ2v) is 7.17. The van der Waals surface area contributed by atoms with Gasteiger partial charge in [-0.15, -0.1) is 0 Å². The first kappa shape index (κ1) is 16.9. The molecule has 1 aromatic rings. The molecule has 3 fully saturated rings. The van der Waals surface area contributed by atoms with Crippen LogP contribution in [0.5, 0.6) is 0 Å². The Kier molecular flexibility index (Phi) is 4.53. The number of nitrogens with zero attached hydrogens (tertiary/aromatic N) is 3. The number of benzene rings is 1. The topological polar surface area (TPSA) is 73.0 Å². The van der Waals surface area contributed by atoms with Gasteiger partial charge in [-0.3, -0.25) is 9.59 Å². The first-order chi connectivity index (χ1) is 12.6. The lowest BCUT2D eigenvalue weighted by Gasteiger charge is -2.37. The van der Waals surface area contributed by atoms with E-state index >= 15 is 0 Å². The maximum absolute atomic E-state index is 12.9. The minimum Gasteiger partial charge on any atom is -0.337 e. The Morgan fingerprint density at radius 3 is 2.50 bits per heavy atom. The number of carbonyl (C=O) groups excluding carboxylic acids is 3. The molecule has 0 radical (unpaired) electrons. The molecule has 7 heteroatoms. The lowest BCUT2D eigenvalue weighted by Crippen LogP contribution is -2.50. The molecule has 0 saturated carbocycles. The summed E-state index contributed by atoms with van der Waals surface area (Å²) in [4.78, 5) is 42.1. The number of likely N-dealkylation sites (tertiary alicyclic amines) is 1. The van der Waals surface area contributed by atoms with E-state index in [1.54, 1.807) is 17.0 Å². The highest BCUT2D eigenvalue weighted by atomic mass is 16.2. The number of nitrogens with one attached hydrogen (secondary N) is 1. The fraction of sp³-hybridized carbons (Fsp3) is 0.526. The third-order valence-electron chi connectivity index (χ3n) is 5.51. The average molecular weight is 356 g/mol. The quantitative estimate of drug-likeness (QED) is 0.891. The van der Waals surface area contributed by atoms with Crippen LogP contribution in [0.4, 0.5) is 10.5 Å². The van der Waals surface area contributed by atoms with E-state index in [-0.39, 0.29) is 23.9 Å². The van der Waals surface area contributed by atoms with Crippen LogP contribution in [0, 0.1) is 0 Å². The van der Waals surface area contributed by atoms with Crippen LogP contribution in [-0.4, -0.2) is 66.4 Å². The molecule has 1 aromatic carbocycles. The lowest BCUT2D eigenvalue weighted by atomic mass is 10.0. The highest BCUT2D eigenvalue weighted by molar-refractivity contribution is 5.97. The van der Waals surface area contributed by atoms with E-state index in [1.165, 1.54) is 0 Å². The van der Waals surface area contributed by atoms with Gasteiger partial charge in [0.2, 0.25) is 5.91 Å². The van der Waals surface area contributed by atoms with Gasteiger partial charge in [0, 0.05) is 50.4 Å². The van der Waals surface area contributed by atoms with Crippen LogP contribution in [-0.2, 0) is 4.79 Å². The average Bonchev–Trinajstić information content (AvgIpc) is 3.29. The molecule has 3 aliphatic rings. The number of hydrogen-bond acceptors (Lipinski definition) is 3. The molecule has 3 aliphatic heterocycles. The summed E-state index contributed by atoms with van der Waals surface area (Å²) in [5, 5.41) is 2.83. The second-order valence-electron chi connectivity index (χ2n) is 7.17. The summed E-state index contributed by atoms with van der Waals surface area (Å²) in [7, 11) is 0. The molecule has 138 valence electrons. The number of anilines is 1. The van der Waals surface area contributed by atoms with Gasteiger partial charge in [0.05, 0.1) is 6.04 Å². The predicted octanol–water partition coefficient (Wildman–Crippen LogP) is 1.44. The Balaban J connectivity index is 1.43. The van der Waals surface area contributed by atoms with E-state index in [9.17, 15) is 14.4 Å². The van der Waals surface area contributed by atoms with Gasteiger partial charge >= 0.3 is 6.03 Å². The third kappa shape index (κ3) is 3.13. The number of amides is 4. The molecule has 3 heterocycles. The van der Waals surface area contributed by atoms with Gasteiger partial charge in [-0.25, -0.2) is 4.79 Å². The Morgan fingerprint density at radius 1 is 1.04 bits per heavy atom. The summed E-state index contributed by atoms with van der Waals surface area (Å²) in [6.45, 7) is 3.44. The van der Waals surface area contributed by atoms with Crippen molar-refractivity contribution in [3.8, 4) is 0 Å². The number of hydrogen-bond donors (Lipinski definition) is 1. The highest BCUT2D eigenvalue weighted by Crippen LogP contribution is 2.23. The van der Waals surface area contributed by atoms with E-state index < -0.39 is 0 Å². The van der Waals surface area contributed by atoms with Crippen LogP contribution in [0.2, 0.25) is 0 Å². The molecule has 26 heavy (non-hydrogen) atoms. The smallest absolute Gasteiger partial charge is 0.317 e. The van der Waals surface area contributed by atoms with Crippen molar-refractivity contribution in [2.24, 2.45) is 0 Å². The van der Waals surface area contributed by atoms with Crippen LogP contribution in [0.25, 0.3) is 0 Å². The van der Waals surface area contributed by atoms with Gasteiger partial charge in [0.25, 0.3) is 5.91 Å². The molecule has 7 nitrogen and oxygen atoms in total. The van der Waals surface area contributed by atoms with Crippen LogP contribution >= 0.6 is 0 Å². The summed E-state index contributed by atoms with van der Waals surface area (Å²) in [6.07, 6.45) is 3.33. The van der Waals surface area contributed by atoms with Crippen molar-refractivity contribution >= 4 is 23.5 Å². The van der Waals surface area contributed by atoms with Gasteiger partial charge in [-0.1, -0.05) is 0 Å². The van der Waals surface area contributed by atoms with Crippen molar-refractivity contribution in [1.82, 2.24) is 15.1 Å². The van der Waals surface area contributed by atoms with E-state index in [0.29, 0.717) is 31.6 Å². The molecule has 1 unspecified atom stereocenters. The standard InChI is InChI=1S/C19H24N4O3/c24-17-4-2-11-22(17)15-7-5-14(6-8-15)18(25)21-10-1-3-16(13-21)23-12-9-20-19(23)26/h5-8,16H,1-4,9-13H2,(H,20,26). The first-order valence-electron chi connectivity index (χ1n) is 9.37. The Morgan fingerprint density at radius 2 is 1.85 bits per heavy atom. The van der Waals surface area contributed by atoms with E-state index in [1.807, 2.05) is 21.9 Å². The molecule has 0 bridgehead atoms. The van der Waals surface area contributed by atoms with Crippen molar-refractivity contribution in [2.45, 2.75) is 31.7 Å². The molecule has 1 N–H and O–H groups in total. The second kappa shape index (κ2) is 6.97. The maximum atomic E-state index is 12.9. The molecule has 0 spiro atoms. The summed E-state index contributed by atoms with van der Waals surface area (Å²) >= 11 is 0. The van der Waals surface area contributed by atoms with Crippen LogP contribution in [0.1, 0.15) is 36.0 Å². The SMILES string of the molecule is O=C(c1ccc(N2CCCC2=O)cc1)N1CCCC(N2CCNC2=O)C1. The minimum absolute atomic E-state index is 0.00592. The third-order valence-corrected chi connectivity index (χ3v) is 5.51. The summed E-state index contributed by atoms with van der Waals surface area (Å²) in [5.41, 5.74) is 1.49.